The zero-order valence-corrected chi connectivity index (χ0v) is 13.0. The lowest BCUT2D eigenvalue weighted by molar-refractivity contribution is -0.0658. The third kappa shape index (κ3) is 3.48. The average Bonchev–Trinajstić information content (AvgIpc) is 2.36. The summed E-state index contributed by atoms with van der Waals surface area (Å²) in [5.74, 6) is 1.05. The fraction of sp³-hybridized carbons (Fsp3) is 0.625. The van der Waals surface area contributed by atoms with Crippen molar-refractivity contribution in [1.29, 1.82) is 0 Å². The maximum Gasteiger partial charge on any atom is 0.119 e. The van der Waals surface area contributed by atoms with E-state index in [9.17, 15) is 5.11 Å². The maximum atomic E-state index is 11.2. The van der Waals surface area contributed by atoms with Gasteiger partial charge in [0.25, 0.3) is 0 Å². The van der Waals surface area contributed by atoms with Gasteiger partial charge in [0.15, 0.2) is 0 Å². The van der Waals surface area contributed by atoms with Crippen molar-refractivity contribution in [3.63, 3.8) is 0 Å². The second-order valence-corrected chi connectivity index (χ2v) is 5.88. The van der Waals surface area contributed by atoms with Gasteiger partial charge in [0.2, 0.25) is 0 Å². The molecule has 3 heteroatoms. The van der Waals surface area contributed by atoms with Crippen LogP contribution in [0.25, 0.3) is 0 Å². The van der Waals surface area contributed by atoms with Crippen molar-refractivity contribution in [1.82, 2.24) is 4.90 Å². The van der Waals surface area contributed by atoms with Gasteiger partial charge in [-0.15, -0.1) is 0 Å². The molecule has 0 heterocycles. The molecule has 2 unspecified atom stereocenters. The molecule has 108 valence electrons. The molecule has 19 heavy (non-hydrogen) atoms. The van der Waals surface area contributed by atoms with Crippen molar-refractivity contribution < 1.29 is 9.84 Å². The number of benzene rings is 1. The Kier molecular flexibility index (Phi) is 5.39. The predicted octanol–water partition coefficient (Wildman–Crippen LogP) is 2.74. The number of hydrogen-bond acceptors (Lipinski definition) is 3. The molecule has 0 bridgehead atoms. The molecule has 0 saturated carbocycles. The summed E-state index contributed by atoms with van der Waals surface area (Å²) >= 11 is 0. The maximum absolute atomic E-state index is 11.2. The van der Waals surface area contributed by atoms with Gasteiger partial charge in [-0.1, -0.05) is 32.9 Å². The van der Waals surface area contributed by atoms with Gasteiger partial charge in [-0.2, -0.15) is 0 Å². The molecule has 0 fully saturated rings. The smallest absolute Gasteiger partial charge is 0.119 e. The van der Waals surface area contributed by atoms with Crippen molar-refractivity contribution in [2.45, 2.75) is 26.4 Å². The molecule has 0 saturated heterocycles. The molecule has 0 amide bonds. The van der Waals surface area contributed by atoms with Crippen LogP contribution in [0.3, 0.4) is 0 Å². The summed E-state index contributed by atoms with van der Waals surface area (Å²) in [7, 11) is 5.71. The zero-order valence-electron chi connectivity index (χ0n) is 13.0. The highest BCUT2D eigenvalue weighted by molar-refractivity contribution is 5.33. The summed E-state index contributed by atoms with van der Waals surface area (Å²) in [5, 5.41) is 11.2. The van der Waals surface area contributed by atoms with Crippen LogP contribution in [-0.4, -0.2) is 37.8 Å². The molecule has 1 rings (SSSR count). The van der Waals surface area contributed by atoms with Gasteiger partial charge in [-0.3, -0.25) is 0 Å². The fourth-order valence-corrected chi connectivity index (χ4v) is 2.75. The first-order valence-electron chi connectivity index (χ1n) is 6.84. The SMILES string of the molecule is COc1cccc(C(O)(C(C)C)C(C)CN(C)C)c1. The number of aliphatic hydroxyl groups is 1. The third-order valence-corrected chi connectivity index (χ3v) is 3.80. The average molecular weight is 265 g/mol. The molecule has 3 nitrogen and oxygen atoms in total. The normalized spacial score (nSPS) is 16.5. The molecule has 1 aromatic rings. The monoisotopic (exact) mass is 265 g/mol. The van der Waals surface area contributed by atoms with Gasteiger partial charge < -0.3 is 14.7 Å². The van der Waals surface area contributed by atoms with E-state index in [-0.39, 0.29) is 11.8 Å². The molecule has 1 aromatic carbocycles. The Morgan fingerprint density at radius 1 is 1.26 bits per heavy atom. The highest BCUT2D eigenvalue weighted by Gasteiger charge is 2.39. The van der Waals surface area contributed by atoms with E-state index < -0.39 is 5.60 Å². The minimum atomic E-state index is -0.848. The van der Waals surface area contributed by atoms with Crippen molar-refractivity contribution >= 4 is 0 Å². The quantitative estimate of drug-likeness (QED) is 0.858. The minimum absolute atomic E-state index is 0.134. The van der Waals surface area contributed by atoms with E-state index in [4.69, 9.17) is 4.74 Å². The van der Waals surface area contributed by atoms with E-state index in [1.807, 2.05) is 38.4 Å². The molecule has 0 aliphatic rings. The molecule has 1 N–H and O–H groups in total. The van der Waals surface area contributed by atoms with E-state index >= 15 is 0 Å². The van der Waals surface area contributed by atoms with Crippen molar-refractivity contribution in [2.24, 2.45) is 11.8 Å². The Labute approximate surface area is 117 Å². The van der Waals surface area contributed by atoms with E-state index in [1.54, 1.807) is 7.11 Å². The van der Waals surface area contributed by atoms with Gasteiger partial charge in [-0.05, 0) is 37.7 Å². The van der Waals surface area contributed by atoms with Crippen LogP contribution in [0.4, 0.5) is 0 Å². The first-order chi connectivity index (χ1) is 8.82. The Balaban J connectivity index is 3.17. The number of ether oxygens (including phenoxy) is 1. The summed E-state index contributed by atoms with van der Waals surface area (Å²) in [4.78, 5) is 2.11. The van der Waals surface area contributed by atoms with Crippen LogP contribution in [0, 0.1) is 11.8 Å². The van der Waals surface area contributed by atoms with Crippen LogP contribution < -0.4 is 4.74 Å². The standard InChI is InChI=1S/C16H27NO2/c1-12(2)16(18,13(3)11-17(4)5)14-8-7-9-15(10-14)19-6/h7-10,12-13,18H,11H2,1-6H3. The molecular formula is C16H27NO2. The van der Waals surface area contributed by atoms with Gasteiger partial charge in [0.05, 0.1) is 12.7 Å². The highest BCUT2D eigenvalue weighted by Crippen LogP contribution is 2.38. The van der Waals surface area contributed by atoms with Crippen LogP contribution in [0.2, 0.25) is 0 Å². The van der Waals surface area contributed by atoms with Gasteiger partial charge in [0.1, 0.15) is 5.75 Å². The fourth-order valence-electron chi connectivity index (χ4n) is 2.75. The van der Waals surface area contributed by atoms with E-state index in [1.165, 1.54) is 0 Å². The van der Waals surface area contributed by atoms with Gasteiger partial charge in [-0.25, -0.2) is 0 Å². The highest BCUT2D eigenvalue weighted by atomic mass is 16.5. The van der Waals surface area contributed by atoms with Crippen LogP contribution in [0.15, 0.2) is 24.3 Å². The van der Waals surface area contributed by atoms with Crippen LogP contribution in [0.1, 0.15) is 26.3 Å². The van der Waals surface area contributed by atoms with Gasteiger partial charge >= 0.3 is 0 Å². The van der Waals surface area contributed by atoms with E-state index in [0.29, 0.717) is 0 Å². The Bertz CT molecular complexity index is 403. The number of nitrogens with zero attached hydrogens (tertiary/aromatic N) is 1. The van der Waals surface area contributed by atoms with Gasteiger partial charge in [0, 0.05) is 12.5 Å². The van der Waals surface area contributed by atoms with Crippen LogP contribution in [-0.2, 0) is 5.60 Å². The summed E-state index contributed by atoms with van der Waals surface area (Å²) in [6.07, 6.45) is 0. The summed E-state index contributed by atoms with van der Waals surface area (Å²) in [6.45, 7) is 7.06. The lowest BCUT2D eigenvalue weighted by Crippen LogP contribution is -2.43. The van der Waals surface area contributed by atoms with Crippen molar-refractivity contribution in [2.75, 3.05) is 27.7 Å². The molecule has 0 aromatic heterocycles. The lowest BCUT2D eigenvalue weighted by atomic mass is 9.74. The van der Waals surface area contributed by atoms with Crippen molar-refractivity contribution in [3.8, 4) is 5.75 Å². The Morgan fingerprint density at radius 3 is 2.37 bits per heavy atom. The molecule has 0 spiro atoms. The molecule has 0 radical (unpaired) electrons. The molecular weight excluding hydrogens is 238 g/mol. The van der Waals surface area contributed by atoms with Crippen LogP contribution >= 0.6 is 0 Å². The third-order valence-electron chi connectivity index (χ3n) is 3.80. The number of hydrogen-bond donors (Lipinski definition) is 1. The van der Waals surface area contributed by atoms with E-state index in [0.717, 1.165) is 17.9 Å². The summed E-state index contributed by atoms with van der Waals surface area (Å²) in [6, 6.07) is 7.76. The van der Waals surface area contributed by atoms with Crippen LogP contribution in [0.5, 0.6) is 5.75 Å². The lowest BCUT2D eigenvalue weighted by Gasteiger charge is -2.39. The zero-order chi connectivity index (χ0) is 14.6. The second-order valence-electron chi connectivity index (χ2n) is 5.88. The molecule has 2 atom stereocenters. The minimum Gasteiger partial charge on any atom is -0.497 e. The summed E-state index contributed by atoms with van der Waals surface area (Å²) < 4.78 is 5.27. The Morgan fingerprint density at radius 2 is 1.89 bits per heavy atom. The number of rotatable bonds is 6. The van der Waals surface area contributed by atoms with E-state index in [2.05, 4.69) is 25.7 Å². The molecule has 0 aliphatic heterocycles. The predicted molar refractivity (Wildman–Crippen MR) is 79.4 cm³/mol. The summed E-state index contributed by atoms with van der Waals surface area (Å²) in [5.41, 5.74) is 0.0786. The number of methoxy groups -OCH3 is 1. The topological polar surface area (TPSA) is 32.7 Å². The first kappa shape index (κ1) is 16.0. The van der Waals surface area contributed by atoms with Crippen molar-refractivity contribution in [3.05, 3.63) is 29.8 Å². The Hall–Kier alpha value is -1.06. The second kappa shape index (κ2) is 6.40. The largest absolute Gasteiger partial charge is 0.497 e. The molecule has 0 aliphatic carbocycles. The first-order valence-corrected chi connectivity index (χ1v) is 6.84.